The Morgan fingerprint density at radius 2 is 2.19 bits per heavy atom. The van der Waals surface area contributed by atoms with Gasteiger partial charge in [-0.05, 0) is 33.3 Å². The molecule has 2 unspecified atom stereocenters. The molecule has 1 rings (SSSR count). The Hall–Kier alpha value is -0.680. The first-order valence-corrected chi connectivity index (χ1v) is 7.12. The van der Waals surface area contributed by atoms with Crippen LogP contribution in [0.5, 0.6) is 0 Å². The van der Waals surface area contributed by atoms with Gasteiger partial charge in [-0.15, -0.1) is 0 Å². The van der Waals surface area contributed by atoms with Gasteiger partial charge in [-0.1, -0.05) is 0 Å². The molecule has 0 aromatic carbocycles. The highest BCUT2D eigenvalue weighted by Gasteiger charge is 2.07. The molecule has 4 nitrogen and oxygen atoms in total. The Bertz CT molecular complexity index is 347. The van der Waals surface area contributed by atoms with Gasteiger partial charge in [0.25, 0.3) is 0 Å². The summed E-state index contributed by atoms with van der Waals surface area (Å²) in [6.45, 7) is 6.08. The highest BCUT2D eigenvalue weighted by molar-refractivity contribution is 7.84. The standard InChI is InChI=1S/C11H21N3OS/c1-9(2)14-6-4-11(13-14)8-16(15)7-5-10(3)12/h4,6,9-10H,5,7-8,12H2,1-3H3. The molecule has 2 N–H and O–H groups in total. The van der Waals surface area contributed by atoms with E-state index in [1.165, 1.54) is 0 Å². The van der Waals surface area contributed by atoms with Gasteiger partial charge >= 0.3 is 0 Å². The summed E-state index contributed by atoms with van der Waals surface area (Å²) in [5, 5.41) is 4.37. The van der Waals surface area contributed by atoms with Crippen LogP contribution in [0.2, 0.25) is 0 Å². The Morgan fingerprint density at radius 1 is 1.50 bits per heavy atom. The van der Waals surface area contributed by atoms with Crippen LogP contribution >= 0.6 is 0 Å². The van der Waals surface area contributed by atoms with Crippen molar-refractivity contribution in [2.75, 3.05) is 5.75 Å². The molecule has 0 amide bonds. The minimum absolute atomic E-state index is 0.122. The highest BCUT2D eigenvalue weighted by Crippen LogP contribution is 2.07. The lowest BCUT2D eigenvalue weighted by Crippen LogP contribution is -2.18. The van der Waals surface area contributed by atoms with E-state index >= 15 is 0 Å². The van der Waals surface area contributed by atoms with Gasteiger partial charge in [0.05, 0.1) is 11.4 Å². The molecule has 0 aliphatic heterocycles. The van der Waals surface area contributed by atoms with Crippen molar-refractivity contribution in [2.45, 2.75) is 45.0 Å². The van der Waals surface area contributed by atoms with E-state index in [2.05, 4.69) is 18.9 Å². The molecule has 1 aromatic heterocycles. The summed E-state index contributed by atoms with van der Waals surface area (Å²) in [6.07, 6.45) is 2.74. The number of hydrogen-bond donors (Lipinski definition) is 1. The van der Waals surface area contributed by atoms with Crippen molar-refractivity contribution < 1.29 is 4.21 Å². The summed E-state index contributed by atoms with van der Waals surface area (Å²) in [7, 11) is -0.847. The van der Waals surface area contributed by atoms with Crippen LogP contribution < -0.4 is 5.73 Å². The Kier molecular flexibility index (Phi) is 5.15. The molecule has 5 heteroatoms. The molecule has 16 heavy (non-hydrogen) atoms. The third-order valence-electron chi connectivity index (χ3n) is 2.30. The zero-order valence-corrected chi connectivity index (χ0v) is 11.0. The maximum atomic E-state index is 11.7. The summed E-state index contributed by atoms with van der Waals surface area (Å²) in [5.41, 5.74) is 6.52. The molecule has 0 bridgehead atoms. The van der Waals surface area contributed by atoms with Crippen LogP contribution in [-0.2, 0) is 16.6 Å². The lowest BCUT2D eigenvalue weighted by Gasteiger charge is -2.05. The Morgan fingerprint density at radius 3 is 2.69 bits per heavy atom. The zero-order valence-electron chi connectivity index (χ0n) is 10.2. The normalized spacial score (nSPS) is 15.3. The average molecular weight is 243 g/mol. The van der Waals surface area contributed by atoms with Gasteiger partial charge in [-0.25, -0.2) is 0 Å². The van der Waals surface area contributed by atoms with Gasteiger partial charge < -0.3 is 5.73 Å². The fourth-order valence-corrected chi connectivity index (χ4v) is 2.56. The second kappa shape index (κ2) is 6.15. The van der Waals surface area contributed by atoms with E-state index in [9.17, 15) is 4.21 Å². The predicted molar refractivity (Wildman–Crippen MR) is 67.6 cm³/mol. The number of aromatic nitrogens is 2. The number of hydrogen-bond acceptors (Lipinski definition) is 3. The molecule has 0 spiro atoms. The summed E-state index contributed by atoms with van der Waals surface area (Å²) >= 11 is 0. The zero-order chi connectivity index (χ0) is 12.1. The fourth-order valence-electron chi connectivity index (χ4n) is 1.30. The number of nitrogens with two attached hydrogens (primary N) is 1. The van der Waals surface area contributed by atoms with Crippen LogP contribution in [0.3, 0.4) is 0 Å². The maximum Gasteiger partial charge on any atom is 0.0749 e. The van der Waals surface area contributed by atoms with E-state index in [4.69, 9.17) is 5.73 Å². The second-order valence-corrected chi connectivity index (χ2v) is 6.01. The van der Waals surface area contributed by atoms with Crippen molar-refractivity contribution in [1.82, 2.24) is 9.78 Å². The molecule has 1 aromatic rings. The van der Waals surface area contributed by atoms with Crippen molar-refractivity contribution in [3.05, 3.63) is 18.0 Å². The van der Waals surface area contributed by atoms with E-state index in [0.717, 1.165) is 12.1 Å². The highest BCUT2D eigenvalue weighted by atomic mass is 32.2. The molecule has 0 aliphatic rings. The van der Waals surface area contributed by atoms with E-state index in [1.807, 2.05) is 23.9 Å². The summed E-state index contributed by atoms with van der Waals surface area (Å²) in [5.74, 6) is 1.19. The van der Waals surface area contributed by atoms with Gasteiger partial charge in [-0.3, -0.25) is 8.89 Å². The van der Waals surface area contributed by atoms with Gasteiger partial charge in [0.15, 0.2) is 0 Å². The number of nitrogens with zero attached hydrogens (tertiary/aromatic N) is 2. The van der Waals surface area contributed by atoms with Crippen LogP contribution in [0.15, 0.2) is 12.3 Å². The molecule has 0 radical (unpaired) electrons. The average Bonchev–Trinajstić information content (AvgIpc) is 2.63. The van der Waals surface area contributed by atoms with Crippen molar-refractivity contribution >= 4 is 10.8 Å². The second-order valence-electron chi connectivity index (χ2n) is 4.44. The van der Waals surface area contributed by atoms with Gasteiger partial charge in [0.1, 0.15) is 0 Å². The van der Waals surface area contributed by atoms with Crippen molar-refractivity contribution in [3.63, 3.8) is 0 Å². The molecular formula is C11H21N3OS. The minimum atomic E-state index is -0.847. The third-order valence-corrected chi connectivity index (χ3v) is 3.61. The fraction of sp³-hybridized carbons (Fsp3) is 0.727. The molecule has 0 saturated heterocycles. The predicted octanol–water partition coefficient (Wildman–Crippen LogP) is 1.45. The van der Waals surface area contributed by atoms with Crippen LogP contribution in [0, 0.1) is 0 Å². The molecule has 1 heterocycles. The first kappa shape index (κ1) is 13.4. The largest absolute Gasteiger partial charge is 0.328 e. The van der Waals surface area contributed by atoms with Crippen molar-refractivity contribution in [2.24, 2.45) is 5.73 Å². The molecular weight excluding hydrogens is 222 g/mol. The van der Waals surface area contributed by atoms with Gasteiger partial charge in [0.2, 0.25) is 0 Å². The van der Waals surface area contributed by atoms with E-state index in [0.29, 0.717) is 17.5 Å². The van der Waals surface area contributed by atoms with Crippen LogP contribution in [0.25, 0.3) is 0 Å². The van der Waals surface area contributed by atoms with Gasteiger partial charge in [0, 0.05) is 34.8 Å². The molecule has 0 saturated carbocycles. The monoisotopic (exact) mass is 243 g/mol. The summed E-state index contributed by atoms with van der Waals surface area (Å²) in [6, 6.07) is 2.41. The molecule has 0 aliphatic carbocycles. The van der Waals surface area contributed by atoms with Crippen molar-refractivity contribution in [1.29, 1.82) is 0 Å². The van der Waals surface area contributed by atoms with E-state index < -0.39 is 10.8 Å². The minimum Gasteiger partial charge on any atom is -0.328 e. The van der Waals surface area contributed by atoms with E-state index in [-0.39, 0.29) is 6.04 Å². The van der Waals surface area contributed by atoms with Crippen molar-refractivity contribution in [3.8, 4) is 0 Å². The maximum absolute atomic E-state index is 11.7. The quantitative estimate of drug-likeness (QED) is 0.822. The first-order valence-electron chi connectivity index (χ1n) is 5.63. The van der Waals surface area contributed by atoms with E-state index in [1.54, 1.807) is 0 Å². The topological polar surface area (TPSA) is 60.9 Å². The first-order chi connectivity index (χ1) is 7.49. The number of rotatable bonds is 6. The van der Waals surface area contributed by atoms with Crippen LogP contribution in [0.1, 0.15) is 38.9 Å². The smallest absolute Gasteiger partial charge is 0.0749 e. The lowest BCUT2D eigenvalue weighted by atomic mass is 10.3. The molecule has 2 atom stereocenters. The third kappa shape index (κ3) is 4.45. The SMILES string of the molecule is CC(N)CCS(=O)Cc1ccn(C(C)C)n1. The van der Waals surface area contributed by atoms with Crippen LogP contribution in [-0.4, -0.2) is 25.8 Å². The Balaban J connectivity index is 2.43. The molecule has 0 fully saturated rings. The lowest BCUT2D eigenvalue weighted by molar-refractivity contribution is 0.528. The van der Waals surface area contributed by atoms with Crippen LogP contribution in [0.4, 0.5) is 0 Å². The van der Waals surface area contributed by atoms with Gasteiger partial charge in [-0.2, -0.15) is 5.10 Å². The molecule has 92 valence electrons. The summed E-state index contributed by atoms with van der Waals surface area (Å²) in [4.78, 5) is 0. The Labute approximate surface area is 99.7 Å². The summed E-state index contributed by atoms with van der Waals surface area (Å²) < 4.78 is 13.6.